The number of halogens is 1. The van der Waals surface area contributed by atoms with E-state index in [-0.39, 0.29) is 94.4 Å². The Morgan fingerprint density at radius 2 is 1.25 bits per heavy atom. The van der Waals surface area contributed by atoms with Crippen molar-refractivity contribution in [3.63, 3.8) is 0 Å². The molecule has 0 saturated carbocycles. The molecule has 0 radical (unpaired) electrons. The van der Waals surface area contributed by atoms with Crippen molar-refractivity contribution in [1.82, 2.24) is 0 Å². The van der Waals surface area contributed by atoms with E-state index in [1.807, 2.05) is 0 Å². The molecular weight excluding hydrogens is 170 g/mol. The van der Waals surface area contributed by atoms with Crippen LogP contribution in [0.15, 0.2) is 5.34 Å². The van der Waals surface area contributed by atoms with Gasteiger partial charge in [0.2, 0.25) is 0 Å². The second kappa shape index (κ2) is 60.7. The molecule has 0 aliphatic heterocycles. The van der Waals surface area contributed by atoms with Gasteiger partial charge in [-0.25, -0.2) is 0 Å². The van der Waals surface area contributed by atoms with Crippen molar-refractivity contribution in [1.29, 1.82) is 0 Å². The molecule has 0 spiro atoms. The standard InChI is InChI=1S/Al.ClH.HNO2.2Na.H2O.5H/c;;2-1-3;;;;;;;;/h;1H;(H,2,3);;;1H2;;;;;. The third kappa shape index (κ3) is 88.6. The molecule has 44 valence electrons. The first-order chi connectivity index (χ1) is 1.41. The van der Waals surface area contributed by atoms with Crippen LogP contribution >= 0.6 is 12.4 Å². The Kier molecular flexibility index (Phi) is 372. The van der Waals surface area contributed by atoms with E-state index < -0.39 is 0 Å². The van der Waals surface area contributed by atoms with Crippen molar-refractivity contribution in [2.24, 2.45) is 5.34 Å². The Hall–Kier alpha value is 2.18. The minimum absolute atomic E-state index is 0. The van der Waals surface area contributed by atoms with Gasteiger partial charge in [-0.05, 0) is 0 Å². The van der Waals surface area contributed by atoms with Crippen molar-refractivity contribution >= 4 is 88.9 Å². The van der Waals surface area contributed by atoms with Gasteiger partial charge in [0.25, 0.3) is 0 Å². The minimum atomic E-state index is 0. The second-order valence-corrected chi connectivity index (χ2v) is 0.0816. The molecule has 0 heterocycles. The van der Waals surface area contributed by atoms with Crippen molar-refractivity contribution in [3.8, 4) is 0 Å². The van der Waals surface area contributed by atoms with Crippen molar-refractivity contribution in [3.05, 3.63) is 4.91 Å². The number of hydrogen-bond acceptors (Lipinski definition) is 2. The summed E-state index contributed by atoms with van der Waals surface area (Å²) < 4.78 is 0. The molecule has 0 rings (SSSR count). The van der Waals surface area contributed by atoms with E-state index in [1.54, 1.807) is 0 Å². The zero-order chi connectivity index (χ0) is 2.71. The monoisotopic (exact) mass is 179 g/mol. The third-order valence-corrected chi connectivity index (χ3v) is 0. The van der Waals surface area contributed by atoms with E-state index in [4.69, 9.17) is 10.1 Å². The first-order valence-corrected chi connectivity index (χ1v) is 0.383. The maximum absolute atomic E-state index is 8.11. The molecule has 0 aliphatic carbocycles. The molecule has 4 nitrogen and oxygen atoms in total. The van der Waals surface area contributed by atoms with Crippen molar-refractivity contribution in [2.75, 3.05) is 0 Å². The summed E-state index contributed by atoms with van der Waals surface area (Å²) in [6.07, 6.45) is 0. The Morgan fingerprint density at radius 1 is 1.25 bits per heavy atom. The van der Waals surface area contributed by atoms with Crippen LogP contribution in [0.25, 0.3) is 0 Å². The molecular formula is H9AlClNNa2O3. The number of rotatable bonds is 0. The summed E-state index contributed by atoms with van der Waals surface area (Å²) in [4.78, 5) is 8.11. The third-order valence-electron chi connectivity index (χ3n) is 0. The predicted molar refractivity (Wildman–Crippen MR) is 42.7 cm³/mol. The fourth-order valence-electron chi connectivity index (χ4n) is 0. The van der Waals surface area contributed by atoms with Gasteiger partial charge in [0, 0.05) is 0 Å². The summed E-state index contributed by atoms with van der Waals surface area (Å²) in [6, 6.07) is 0. The number of hydrogen-bond donors (Lipinski definition) is 1. The Bertz CT molecular complexity index is 24.8. The van der Waals surface area contributed by atoms with Crippen LogP contribution in [0.5, 0.6) is 0 Å². The van der Waals surface area contributed by atoms with Gasteiger partial charge < -0.3 is 10.7 Å². The van der Waals surface area contributed by atoms with Crippen LogP contribution in [0.2, 0.25) is 0 Å². The fourth-order valence-corrected chi connectivity index (χ4v) is 0. The predicted octanol–water partition coefficient (Wildman–Crippen LogP) is -2.74. The van der Waals surface area contributed by atoms with Crippen LogP contribution in [-0.2, 0) is 0 Å². The molecule has 0 unspecified atom stereocenters. The average Bonchev–Trinajstić information content (AvgIpc) is 0.918. The normalized spacial score (nSPS) is 1.50. The van der Waals surface area contributed by atoms with E-state index in [1.165, 1.54) is 5.34 Å². The molecule has 0 aromatic rings. The van der Waals surface area contributed by atoms with E-state index in [9.17, 15) is 0 Å². The quantitative estimate of drug-likeness (QED) is 0.249. The molecule has 0 saturated heterocycles. The maximum atomic E-state index is 8.11. The van der Waals surface area contributed by atoms with Gasteiger partial charge in [-0.15, -0.1) is 17.3 Å². The van der Waals surface area contributed by atoms with Crippen molar-refractivity contribution in [2.45, 2.75) is 0 Å². The SMILES string of the molecule is Cl.O.O=NO.[AlH3].[NaH].[NaH]. The molecule has 0 aliphatic rings. The van der Waals surface area contributed by atoms with Gasteiger partial charge in [-0.1, -0.05) is 0 Å². The topological polar surface area (TPSA) is 81.2 Å². The summed E-state index contributed by atoms with van der Waals surface area (Å²) in [5.74, 6) is 0. The summed E-state index contributed by atoms with van der Waals surface area (Å²) >= 11 is 0. The average molecular weight is 179 g/mol. The zero-order valence-corrected chi connectivity index (χ0v) is 3.03. The van der Waals surface area contributed by atoms with Gasteiger partial charge in [0.1, 0.15) is 0 Å². The van der Waals surface area contributed by atoms with Gasteiger partial charge in [0.15, 0.2) is 22.7 Å². The molecule has 0 aromatic heterocycles. The summed E-state index contributed by atoms with van der Waals surface area (Å²) in [6.45, 7) is 0. The first-order valence-electron chi connectivity index (χ1n) is 0.383. The zero-order valence-electron chi connectivity index (χ0n) is 2.21. The van der Waals surface area contributed by atoms with Crippen LogP contribution < -0.4 is 0 Å². The van der Waals surface area contributed by atoms with Gasteiger partial charge in [0.05, 0.1) is 0 Å². The fraction of sp³-hybridized carbons (Fsp3) is 0. The number of nitrogens with zero attached hydrogens (tertiary/aromatic N) is 1. The molecule has 0 bridgehead atoms. The molecule has 3 N–H and O–H groups in total. The van der Waals surface area contributed by atoms with Crippen LogP contribution in [-0.4, -0.2) is 87.2 Å². The summed E-state index contributed by atoms with van der Waals surface area (Å²) in [7, 11) is 0. The molecule has 0 atom stereocenters. The van der Waals surface area contributed by atoms with E-state index in [0.717, 1.165) is 0 Å². The molecule has 0 fully saturated rings. The molecule has 0 amide bonds. The summed E-state index contributed by atoms with van der Waals surface area (Å²) in [5, 5.41) is 7.89. The molecule has 0 aromatic carbocycles. The van der Waals surface area contributed by atoms with Crippen molar-refractivity contribution < 1.29 is 10.7 Å². The van der Waals surface area contributed by atoms with Gasteiger partial charge in [-0.2, -0.15) is 0 Å². The molecule has 8 heavy (non-hydrogen) atoms. The Balaban J connectivity index is -0.00000000200. The van der Waals surface area contributed by atoms with E-state index in [2.05, 4.69) is 0 Å². The Morgan fingerprint density at radius 3 is 1.25 bits per heavy atom. The van der Waals surface area contributed by atoms with Crippen LogP contribution in [0.1, 0.15) is 0 Å². The van der Waals surface area contributed by atoms with Crippen LogP contribution in [0.4, 0.5) is 0 Å². The summed E-state index contributed by atoms with van der Waals surface area (Å²) in [5.41, 5.74) is 0. The van der Waals surface area contributed by atoms with E-state index in [0.29, 0.717) is 0 Å². The molecule has 8 heteroatoms. The first kappa shape index (κ1) is 49.1. The van der Waals surface area contributed by atoms with E-state index >= 15 is 0 Å². The van der Waals surface area contributed by atoms with Gasteiger partial charge >= 0.3 is 59.1 Å². The Labute approximate surface area is 108 Å². The van der Waals surface area contributed by atoms with Crippen LogP contribution in [0.3, 0.4) is 0 Å². The van der Waals surface area contributed by atoms with Gasteiger partial charge in [-0.3, -0.25) is 0 Å². The second-order valence-electron chi connectivity index (χ2n) is 0.0816. The van der Waals surface area contributed by atoms with Crippen LogP contribution in [0, 0.1) is 4.91 Å².